The minimum absolute atomic E-state index is 0.00792. The Balaban J connectivity index is 2.46. The largest absolute Gasteiger partial charge is 0.476 e. The van der Waals surface area contributed by atoms with Gasteiger partial charge in [0.05, 0.1) is 5.69 Å². The van der Waals surface area contributed by atoms with E-state index in [0.717, 1.165) is 0 Å². The Hall–Kier alpha value is -1.88. The van der Waals surface area contributed by atoms with Gasteiger partial charge >= 0.3 is 0 Å². The number of ketones is 1. The lowest BCUT2D eigenvalue weighted by Crippen LogP contribution is -2.52. The molecule has 0 aromatic heterocycles. The highest BCUT2D eigenvalue weighted by Gasteiger charge is 2.40. The van der Waals surface area contributed by atoms with Crippen molar-refractivity contribution in [2.24, 2.45) is 0 Å². The second-order valence-corrected chi connectivity index (χ2v) is 5.61. The number of benzene rings is 1. The van der Waals surface area contributed by atoms with E-state index >= 15 is 0 Å². The van der Waals surface area contributed by atoms with Crippen molar-refractivity contribution in [2.75, 3.05) is 18.1 Å². The van der Waals surface area contributed by atoms with Crippen LogP contribution in [0, 0.1) is 0 Å². The third kappa shape index (κ3) is 2.93. The van der Waals surface area contributed by atoms with Gasteiger partial charge in [0.25, 0.3) is 5.91 Å². The highest BCUT2D eigenvalue weighted by Crippen LogP contribution is 2.38. The van der Waals surface area contributed by atoms with E-state index in [2.05, 4.69) is 0 Å². The van der Waals surface area contributed by atoms with Gasteiger partial charge in [-0.1, -0.05) is 6.92 Å². The van der Waals surface area contributed by atoms with Gasteiger partial charge in [-0.2, -0.15) is 0 Å². The van der Waals surface area contributed by atoms with Crippen LogP contribution in [0.15, 0.2) is 18.2 Å². The van der Waals surface area contributed by atoms with E-state index in [0.29, 0.717) is 36.4 Å². The fraction of sp³-hybridized carbons (Fsp3) is 0.500. The van der Waals surface area contributed by atoms with Crippen LogP contribution in [-0.2, 0) is 4.79 Å². The molecule has 0 saturated carbocycles. The molecule has 1 heterocycles. The van der Waals surface area contributed by atoms with Crippen LogP contribution in [0.5, 0.6) is 5.75 Å². The zero-order valence-corrected chi connectivity index (χ0v) is 12.7. The molecule has 0 atom stereocenters. The predicted octanol–water partition coefficient (Wildman–Crippen LogP) is 2.17. The Morgan fingerprint density at radius 2 is 2.10 bits per heavy atom. The molecule has 1 aliphatic rings. The average Bonchev–Trinajstić information content (AvgIpc) is 2.46. The molecule has 0 saturated heterocycles. The van der Waals surface area contributed by atoms with E-state index in [1.807, 2.05) is 0 Å². The smallest absolute Gasteiger partial charge is 0.270 e. The Labute approximate surface area is 124 Å². The van der Waals surface area contributed by atoms with Crippen molar-refractivity contribution in [1.82, 2.24) is 0 Å². The normalized spacial score (nSPS) is 16.4. The zero-order valence-electron chi connectivity index (χ0n) is 12.7. The van der Waals surface area contributed by atoms with E-state index in [4.69, 9.17) is 9.84 Å². The van der Waals surface area contributed by atoms with Crippen LogP contribution in [0.2, 0.25) is 0 Å². The molecule has 5 nitrogen and oxygen atoms in total. The number of aliphatic hydroxyl groups is 1. The Morgan fingerprint density at radius 3 is 2.71 bits per heavy atom. The van der Waals surface area contributed by atoms with Crippen molar-refractivity contribution in [3.05, 3.63) is 23.8 Å². The summed E-state index contributed by atoms with van der Waals surface area (Å²) in [7, 11) is 0. The first-order valence-electron chi connectivity index (χ1n) is 7.19. The fourth-order valence-corrected chi connectivity index (χ4v) is 2.40. The maximum atomic E-state index is 12.5. The minimum Gasteiger partial charge on any atom is -0.476 e. The number of ether oxygens (including phenoxy) is 1. The summed E-state index contributed by atoms with van der Waals surface area (Å²) < 4.78 is 5.75. The lowest BCUT2D eigenvalue weighted by atomic mass is 10.0. The first kappa shape index (κ1) is 15.5. The molecule has 1 aromatic rings. The van der Waals surface area contributed by atoms with Gasteiger partial charge in [-0.05, 0) is 38.5 Å². The number of nitrogens with zero attached hydrogens (tertiary/aromatic N) is 1. The van der Waals surface area contributed by atoms with Gasteiger partial charge < -0.3 is 14.7 Å². The molecule has 0 spiro atoms. The maximum Gasteiger partial charge on any atom is 0.270 e. The molecular formula is C16H21NO4. The summed E-state index contributed by atoms with van der Waals surface area (Å²) in [6.07, 6.45) is 0.892. The van der Waals surface area contributed by atoms with Crippen molar-refractivity contribution in [3.8, 4) is 5.75 Å². The number of hydrogen-bond donors (Lipinski definition) is 1. The number of hydrogen-bond acceptors (Lipinski definition) is 4. The lowest BCUT2D eigenvalue weighted by molar-refractivity contribution is -0.132. The first-order valence-corrected chi connectivity index (χ1v) is 7.19. The second-order valence-electron chi connectivity index (χ2n) is 5.61. The van der Waals surface area contributed by atoms with Crippen molar-refractivity contribution in [1.29, 1.82) is 0 Å². The Morgan fingerprint density at radius 1 is 1.38 bits per heavy atom. The van der Waals surface area contributed by atoms with E-state index < -0.39 is 5.60 Å². The summed E-state index contributed by atoms with van der Waals surface area (Å²) in [5, 5.41) is 9.02. The van der Waals surface area contributed by atoms with Crippen LogP contribution in [0.3, 0.4) is 0 Å². The molecule has 21 heavy (non-hydrogen) atoms. The molecule has 2 rings (SSSR count). The standard InChI is InChI=1S/C16H21NO4/c1-4-13(19)11-6-7-14-12(10-11)17(8-5-9-18)15(20)16(2,3)21-14/h6-7,10,18H,4-5,8-9H2,1-3H3. The number of fused-ring (bicyclic) bond motifs is 1. The van der Waals surface area contributed by atoms with Crippen LogP contribution >= 0.6 is 0 Å². The van der Waals surface area contributed by atoms with Crippen LogP contribution in [0.4, 0.5) is 5.69 Å². The molecule has 5 heteroatoms. The molecule has 1 N–H and O–H groups in total. The third-order valence-corrected chi connectivity index (χ3v) is 3.56. The zero-order chi connectivity index (χ0) is 15.6. The summed E-state index contributed by atoms with van der Waals surface area (Å²) in [6, 6.07) is 5.16. The molecule has 1 amide bonds. The summed E-state index contributed by atoms with van der Waals surface area (Å²) in [5.74, 6) is 0.451. The molecule has 0 aliphatic carbocycles. The number of Topliss-reactive ketones (excluding diaryl/α,β-unsaturated/α-hetero) is 1. The van der Waals surface area contributed by atoms with Gasteiger partial charge in [0, 0.05) is 25.1 Å². The van der Waals surface area contributed by atoms with Crippen LogP contribution in [-0.4, -0.2) is 35.5 Å². The van der Waals surface area contributed by atoms with Gasteiger partial charge in [0.15, 0.2) is 11.4 Å². The van der Waals surface area contributed by atoms with Gasteiger partial charge in [-0.25, -0.2) is 0 Å². The average molecular weight is 291 g/mol. The second kappa shape index (κ2) is 5.85. The Bertz CT molecular complexity index is 565. The first-order chi connectivity index (χ1) is 9.90. The topological polar surface area (TPSA) is 66.8 Å². The van der Waals surface area contributed by atoms with Crippen molar-refractivity contribution in [3.63, 3.8) is 0 Å². The third-order valence-electron chi connectivity index (χ3n) is 3.56. The van der Waals surface area contributed by atoms with Crippen LogP contribution in [0.1, 0.15) is 44.0 Å². The van der Waals surface area contributed by atoms with E-state index in [-0.39, 0.29) is 18.3 Å². The number of carbonyl (C=O) groups excluding carboxylic acids is 2. The molecular weight excluding hydrogens is 270 g/mol. The summed E-state index contributed by atoms with van der Waals surface area (Å²) in [5.41, 5.74) is 0.229. The number of carbonyl (C=O) groups is 2. The van der Waals surface area contributed by atoms with E-state index in [9.17, 15) is 9.59 Å². The summed E-state index contributed by atoms with van der Waals surface area (Å²) in [4.78, 5) is 25.9. The number of aliphatic hydroxyl groups excluding tert-OH is 1. The summed E-state index contributed by atoms with van der Waals surface area (Å²) in [6.45, 7) is 5.65. The van der Waals surface area contributed by atoms with Gasteiger partial charge in [0.2, 0.25) is 0 Å². The fourth-order valence-electron chi connectivity index (χ4n) is 2.40. The van der Waals surface area contributed by atoms with Crippen molar-refractivity contribution >= 4 is 17.4 Å². The minimum atomic E-state index is -0.946. The van der Waals surface area contributed by atoms with Crippen molar-refractivity contribution in [2.45, 2.75) is 39.2 Å². The van der Waals surface area contributed by atoms with Crippen LogP contribution < -0.4 is 9.64 Å². The summed E-state index contributed by atoms with van der Waals surface area (Å²) >= 11 is 0. The van der Waals surface area contributed by atoms with Crippen LogP contribution in [0.25, 0.3) is 0 Å². The Kier molecular flexibility index (Phi) is 4.32. The van der Waals surface area contributed by atoms with E-state index in [1.54, 1.807) is 43.9 Å². The van der Waals surface area contributed by atoms with Crippen molar-refractivity contribution < 1.29 is 19.4 Å². The molecule has 0 radical (unpaired) electrons. The predicted molar refractivity (Wildman–Crippen MR) is 79.8 cm³/mol. The SMILES string of the molecule is CCC(=O)c1ccc2c(c1)N(CCCO)C(=O)C(C)(C)O2. The quantitative estimate of drug-likeness (QED) is 0.844. The number of amides is 1. The molecule has 0 unspecified atom stereocenters. The monoisotopic (exact) mass is 291 g/mol. The van der Waals surface area contributed by atoms with Gasteiger partial charge in [0.1, 0.15) is 5.75 Å². The van der Waals surface area contributed by atoms with E-state index in [1.165, 1.54) is 0 Å². The highest BCUT2D eigenvalue weighted by molar-refractivity contribution is 6.04. The highest BCUT2D eigenvalue weighted by atomic mass is 16.5. The molecule has 1 aromatic carbocycles. The maximum absolute atomic E-state index is 12.5. The molecule has 0 bridgehead atoms. The van der Waals surface area contributed by atoms with Gasteiger partial charge in [-0.3, -0.25) is 9.59 Å². The number of anilines is 1. The molecule has 1 aliphatic heterocycles. The molecule has 0 fully saturated rings. The number of rotatable bonds is 5. The molecule has 114 valence electrons. The lowest BCUT2D eigenvalue weighted by Gasteiger charge is -2.39. The van der Waals surface area contributed by atoms with Gasteiger partial charge in [-0.15, -0.1) is 0 Å².